The molecule has 0 fully saturated rings. The zero-order valence-electron chi connectivity index (χ0n) is 4.29. The van der Waals surface area contributed by atoms with E-state index in [0.717, 1.165) is 0 Å². The predicted molar refractivity (Wildman–Crippen MR) is 26.9 cm³/mol. The van der Waals surface area contributed by atoms with Crippen LogP contribution in [0.4, 0.5) is 0 Å². The largest absolute Gasteiger partial charge is 0.325 e. The van der Waals surface area contributed by atoms with Gasteiger partial charge in [0.15, 0.2) is 0 Å². The van der Waals surface area contributed by atoms with Gasteiger partial charge in [-0.15, -0.1) is 0 Å². The summed E-state index contributed by atoms with van der Waals surface area (Å²) in [4.78, 5) is 4.16. The number of rotatable bonds is 2. The lowest BCUT2D eigenvalue weighted by atomic mass is 10.3. The molecule has 0 heterocycles. The molecule has 0 aliphatic carbocycles. The molecule has 0 aliphatic rings. The molecule has 4 heteroatoms. The minimum Gasteiger partial charge on any atom is -0.325 e. The van der Waals surface area contributed by atoms with Gasteiger partial charge in [0.05, 0.1) is 0 Å². The van der Waals surface area contributed by atoms with E-state index in [1.807, 2.05) is 0 Å². The van der Waals surface area contributed by atoms with Gasteiger partial charge in [0.25, 0.3) is 0 Å². The molecule has 0 spiro atoms. The van der Waals surface area contributed by atoms with Gasteiger partial charge in [0.2, 0.25) is 0 Å². The Labute approximate surface area is 42.6 Å². The van der Waals surface area contributed by atoms with Gasteiger partial charge < -0.3 is 11.5 Å². The zero-order chi connectivity index (χ0) is 5.86. The molecular formula is C3H11N3O. The molecule has 44 valence electrons. The maximum atomic E-state index is 5.22. The summed E-state index contributed by atoms with van der Waals surface area (Å²) in [5.41, 5.74) is 10.4. The highest BCUT2D eigenvalue weighted by molar-refractivity contribution is 4.57. The topological polar surface area (TPSA) is 87.3 Å². The number of hydrogen-bond donors (Lipinski definition) is 3. The molecule has 0 aliphatic heterocycles. The van der Waals surface area contributed by atoms with Crippen LogP contribution in [-0.2, 0) is 4.84 Å². The Morgan fingerprint density at radius 2 is 1.86 bits per heavy atom. The van der Waals surface area contributed by atoms with E-state index in [0.29, 0.717) is 0 Å². The minimum absolute atomic E-state index is 0.204. The van der Waals surface area contributed by atoms with E-state index in [2.05, 4.69) is 10.7 Å². The van der Waals surface area contributed by atoms with E-state index >= 15 is 0 Å². The lowest BCUT2D eigenvalue weighted by Gasteiger charge is -2.10. The van der Waals surface area contributed by atoms with Gasteiger partial charge in [0, 0.05) is 6.04 Å². The first kappa shape index (κ1) is 6.84. The van der Waals surface area contributed by atoms with Crippen molar-refractivity contribution in [1.82, 2.24) is 0 Å². The van der Waals surface area contributed by atoms with Crippen molar-refractivity contribution in [2.45, 2.75) is 19.2 Å². The Morgan fingerprint density at radius 3 is 1.86 bits per heavy atom. The van der Waals surface area contributed by atoms with Crippen LogP contribution in [0, 0.1) is 0 Å². The summed E-state index contributed by atoms with van der Waals surface area (Å²) in [7, 11) is 0. The third-order valence-electron chi connectivity index (χ3n) is 0.675. The maximum absolute atomic E-state index is 5.22. The van der Waals surface area contributed by atoms with Crippen molar-refractivity contribution in [2.75, 3.05) is 0 Å². The second kappa shape index (κ2) is 2.92. The first-order chi connectivity index (χ1) is 3.18. The second-order valence-electron chi connectivity index (χ2n) is 1.46. The highest BCUT2D eigenvalue weighted by Crippen LogP contribution is 1.79. The van der Waals surface area contributed by atoms with E-state index in [1.54, 1.807) is 6.92 Å². The van der Waals surface area contributed by atoms with Crippen molar-refractivity contribution < 1.29 is 4.84 Å². The van der Waals surface area contributed by atoms with Crippen LogP contribution in [0.2, 0.25) is 0 Å². The van der Waals surface area contributed by atoms with Gasteiger partial charge in [-0.25, -0.2) is 5.90 Å². The fourth-order valence-corrected chi connectivity index (χ4v) is 0.124. The third kappa shape index (κ3) is 2.52. The lowest BCUT2D eigenvalue weighted by molar-refractivity contribution is 0.0437. The molecule has 0 aromatic heterocycles. The predicted octanol–water partition coefficient (Wildman–Crippen LogP) is -1.49. The highest BCUT2D eigenvalue weighted by atomic mass is 16.6. The van der Waals surface area contributed by atoms with E-state index in [-0.39, 0.29) is 6.04 Å². The molecular weight excluding hydrogens is 94.1 g/mol. The molecule has 2 unspecified atom stereocenters. The van der Waals surface area contributed by atoms with Gasteiger partial charge in [-0.2, -0.15) is 0 Å². The third-order valence-corrected chi connectivity index (χ3v) is 0.675. The van der Waals surface area contributed by atoms with Crippen molar-refractivity contribution in [2.24, 2.45) is 17.4 Å². The molecule has 0 aromatic carbocycles. The Morgan fingerprint density at radius 1 is 1.43 bits per heavy atom. The van der Waals surface area contributed by atoms with E-state index in [4.69, 9.17) is 11.5 Å². The van der Waals surface area contributed by atoms with Crippen LogP contribution >= 0.6 is 0 Å². The van der Waals surface area contributed by atoms with Crippen molar-refractivity contribution in [3.05, 3.63) is 0 Å². The molecule has 6 N–H and O–H groups in total. The van der Waals surface area contributed by atoms with Gasteiger partial charge >= 0.3 is 0 Å². The van der Waals surface area contributed by atoms with E-state index in [9.17, 15) is 0 Å². The molecule has 0 saturated heterocycles. The fourth-order valence-electron chi connectivity index (χ4n) is 0.124. The highest BCUT2D eigenvalue weighted by Gasteiger charge is 2.03. The van der Waals surface area contributed by atoms with Gasteiger partial charge in [-0.05, 0) is 6.92 Å². The van der Waals surface area contributed by atoms with Crippen LogP contribution in [-0.4, -0.2) is 12.3 Å². The molecule has 0 rings (SSSR count). The van der Waals surface area contributed by atoms with Crippen LogP contribution in [0.25, 0.3) is 0 Å². The summed E-state index contributed by atoms with van der Waals surface area (Å²) in [5, 5.41) is 0. The Bertz CT molecular complexity index is 47.4. The maximum Gasteiger partial charge on any atom is 0.141 e. The average molecular weight is 105 g/mol. The van der Waals surface area contributed by atoms with Gasteiger partial charge in [0.1, 0.15) is 6.23 Å². The van der Waals surface area contributed by atoms with Crippen LogP contribution in [0.15, 0.2) is 0 Å². The SMILES string of the molecule is CC(N)C(N)ON. The molecule has 2 atom stereocenters. The van der Waals surface area contributed by atoms with Crippen LogP contribution in [0.5, 0.6) is 0 Å². The molecule has 0 bridgehead atoms. The fraction of sp³-hybridized carbons (Fsp3) is 1.00. The van der Waals surface area contributed by atoms with Crippen LogP contribution in [0.3, 0.4) is 0 Å². The standard InChI is InChI=1S/C3H11N3O/c1-2(4)3(5)7-6/h2-3H,4-6H2,1H3. The molecule has 0 amide bonds. The quantitative estimate of drug-likeness (QED) is 0.295. The van der Waals surface area contributed by atoms with Gasteiger partial charge in [-0.3, -0.25) is 4.84 Å². The average Bonchev–Trinajstić information content (AvgIpc) is 1.65. The van der Waals surface area contributed by atoms with Crippen molar-refractivity contribution >= 4 is 0 Å². The first-order valence-electron chi connectivity index (χ1n) is 2.05. The van der Waals surface area contributed by atoms with Crippen LogP contribution in [0.1, 0.15) is 6.92 Å². The summed E-state index contributed by atoms with van der Waals surface area (Å²) < 4.78 is 0. The summed E-state index contributed by atoms with van der Waals surface area (Å²) in [6.07, 6.45) is -0.542. The monoisotopic (exact) mass is 105 g/mol. The number of nitrogens with two attached hydrogens (primary N) is 3. The van der Waals surface area contributed by atoms with E-state index < -0.39 is 6.23 Å². The van der Waals surface area contributed by atoms with Crippen molar-refractivity contribution in [3.63, 3.8) is 0 Å². The van der Waals surface area contributed by atoms with Crippen molar-refractivity contribution in [3.8, 4) is 0 Å². The summed E-state index contributed by atoms with van der Waals surface area (Å²) >= 11 is 0. The molecule has 7 heavy (non-hydrogen) atoms. The van der Waals surface area contributed by atoms with Crippen molar-refractivity contribution in [1.29, 1.82) is 0 Å². The Hall–Kier alpha value is -0.160. The molecule has 4 nitrogen and oxygen atoms in total. The minimum atomic E-state index is -0.542. The molecule has 0 saturated carbocycles. The summed E-state index contributed by atoms with van der Waals surface area (Å²) in [5.74, 6) is 4.67. The second-order valence-corrected chi connectivity index (χ2v) is 1.46. The first-order valence-corrected chi connectivity index (χ1v) is 2.05. The number of hydrogen-bond acceptors (Lipinski definition) is 4. The Balaban J connectivity index is 3.14. The summed E-state index contributed by atoms with van der Waals surface area (Å²) in [6, 6.07) is -0.204. The smallest absolute Gasteiger partial charge is 0.141 e. The molecule has 0 aromatic rings. The Kier molecular flexibility index (Phi) is 2.86. The molecule has 0 radical (unpaired) electrons. The van der Waals surface area contributed by atoms with Gasteiger partial charge in [-0.1, -0.05) is 0 Å². The lowest BCUT2D eigenvalue weighted by Crippen LogP contribution is -2.42. The normalized spacial score (nSPS) is 18.9. The van der Waals surface area contributed by atoms with E-state index in [1.165, 1.54) is 0 Å². The summed E-state index contributed by atoms with van der Waals surface area (Å²) in [6.45, 7) is 1.72. The van der Waals surface area contributed by atoms with Crippen LogP contribution < -0.4 is 17.4 Å². The zero-order valence-corrected chi connectivity index (χ0v) is 4.29.